The molecular weight excluding hydrogens is 468 g/mol. The van der Waals surface area contributed by atoms with E-state index in [2.05, 4.69) is 30.7 Å². The predicted octanol–water partition coefficient (Wildman–Crippen LogP) is 5.66. The van der Waals surface area contributed by atoms with Crippen molar-refractivity contribution < 1.29 is 18.0 Å². The molecule has 9 nitrogen and oxygen atoms in total. The van der Waals surface area contributed by atoms with Gasteiger partial charge in [0.05, 0.1) is 23.8 Å². The number of alkyl halides is 2. The van der Waals surface area contributed by atoms with Crippen LogP contribution in [0.3, 0.4) is 0 Å². The number of nitrogens with one attached hydrogen (secondary N) is 2. The lowest BCUT2D eigenvalue weighted by Crippen LogP contribution is -2.13. The molecule has 4 aromatic heterocycles. The van der Waals surface area contributed by atoms with Gasteiger partial charge in [-0.15, -0.1) is 0 Å². The summed E-state index contributed by atoms with van der Waals surface area (Å²) >= 11 is 0. The van der Waals surface area contributed by atoms with Crippen LogP contribution >= 0.6 is 0 Å². The predicted molar refractivity (Wildman–Crippen MR) is 131 cm³/mol. The summed E-state index contributed by atoms with van der Waals surface area (Å²) in [6, 6.07) is 6.93. The third-order valence-corrected chi connectivity index (χ3v) is 5.37. The van der Waals surface area contributed by atoms with Crippen LogP contribution in [0.15, 0.2) is 53.5 Å². The van der Waals surface area contributed by atoms with E-state index in [1.54, 1.807) is 30.5 Å². The molecule has 0 saturated heterocycles. The number of halogens is 2. The number of hydrogen-bond donors (Lipinski definition) is 2. The first-order valence-corrected chi connectivity index (χ1v) is 11.7. The fourth-order valence-corrected chi connectivity index (χ4v) is 3.30. The van der Waals surface area contributed by atoms with E-state index in [9.17, 15) is 13.6 Å². The average Bonchev–Trinajstić information content (AvgIpc) is 3.41. The van der Waals surface area contributed by atoms with Crippen LogP contribution < -0.4 is 10.6 Å². The van der Waals surface area contributed by atoms with E-state index >= 15 is 0 Å². The van der Waals surface area contributed by atoms with Crippen molar-refractivity contribution in [2.75, 3.05) is 17.2 Å². The van der Waals surface area contributed by atoms with Crippen LogP contribution in [0.1, 0.15) is 55.0 Å². The maximum atomic E-state index is 13.6. The van der Waals surface area contributed by atoms with E-state index in [1.165, 1.54) is 36.2 Å². The van der Waals surface area contributed by atoms with Gasteiger partial charge in [-0.2, -0.15) is 5.10 Å². The average molecular weight is 496 g/mol. The normalized spacial score (nSPS) is 12.7. The van der Waals surface area contributed by atoms with Crippen LogP contribution in [-0.2, 0) is 0 Å². The van der Waals surface area contributed by atoms with Crippen molar-refractivity contribution in [3.8, 4) is 17.1 Å². The highest BCUT2D eigenvalue weighted by Crippen LogP contribution is 2.30. The Balaban J connectivity index is 0.00000148. The lowest BCUT2D eigenvalue weighted by atomic mass is 10.2. The van der Waals surface area contributed by atoms with Gasteiger partial charge in [0.1, 0.15) is 12.1 Å². The molecule has 1 aliphatic carbocycles. The number of aromatic nitrogens is 5. The zero-order chi connectivity index (χ0) is 25.7. The van der Waals surface area contributed by atoms with Gasteiger partial charge in [-0.05, 0) is 49.9 Å². The Kier molecular flexibility index (Phi) is 7.67. The van der Waals surface area contributed by atoms with Gasteiger partial charge < -0.3 is 15.1 Å². The monoisotopic (exact) mass is 495 g/mol. The summed E-state index contributed by atoms with van der Waals surface area (Å²) in [5, 5.41) is 9.63. The Morgan fingerprint density at radius 3 is 2.72 bits per heavy atom. The Hall–Kier alpha value is -4.15. The van der Waals surface area contributed by atoms with Crippen LogP contribution in [-0.4, -0.2) is 37.2 Å². The molecule has 0 aromatic carbocycles. The number of carbonyl (C=O) groups excluding carboxylic acids is 1. The number of rotatable bonds is 8. The largest absolute Gasteiger partial charge is 0.444 e. The molecule has 1 fully saturated rings. The first-order valence-electron chi connectivity index (χ1n) is 11.7. The zero-order valence-electron chi connectivity index (χ0n) is 20.2. The lowest BCUT2D eigenvalue weighted by Gasteiger charge is -2.04. The number of carbonyl (C=O) groups is 1. The molecule has 0 unspecified atom stereocenters. The summed E-state index contributed by atoms with van der Waals surface area (Å²) in [6.45, 7) is 6.67. The highest BCUT2D eigenvalue weighted by Gasteiger charge is 2.23. The number of anilines is 2. The van der Waals surface area contributed by atoms with Gasteiger partial charge in [-0.3, -0.25) is 9.78 Å². The topological polar surface area (TPSA) is 111 Å². The fraction of sp³-hybridized carbons (Fsp3) is 0.320. The molecule has 11 heteroatoms. The Labute approximate surface area is 207 Å². The maximum absolute atomic E-state index is 13.6. The van der Waals surface area contributed by atoms with E-state index < -0.39 is 18.0 Å². The molecular formula is C25H27F2N7O2. The smallest absolute Gasteiger partial charge is 0.284 e. The molecule has 36 heavy (non-hydrogen) atoms. The van der Waals surface area contributed by atoms with Crippen LogP contribution in [0.2, 0.25) is 0 Å². The van der Waals surface area contributed by atoms with Crippen LogP contribution in [0, 0.1) is 12.8 Å². The second-order valence-corrected chi connectivity index (χ2v) is 8.08. The van der Waals surface area contributed by atoms with Gasteiger partial charge in [-0.1, -0.05) is 13.8 Å². The molecule has 188 valence electrons. The SMILES string of the molecule is CC.Cc1ccc(-n2cc(NC(=O)c3coc(-c4ccnc(NCC5CC5)c4)n3)c(C(F)F)n2)cn1. The van der Waals surface area contributed by atoms with E-state index in [0.717, 1.165) is 12.2 Å². The third-order valence-electron chi connectivity index (χ3n) is 5.37. The number of oxazole rings is 1. The molecule has 5 rings (SSSR count). The number of aryl methyl sites for hydroxylation is 1. The number of hydrogen-bond acceptors (Lipinski definition) is 7. The minimum atomic E-state index is -2.89. The van der Waals surface area contributed by atoms with Gasteiger partial charge in [0.2, 0.25) is 5.89 Å². The summed E-state index contributed by atoms with van der Waals surface area (Å²) < 4.78 is 33.8. The van der Waals surface area contributed by atoms with Crippen molar-refractivity contribution in [2.45, 2.75) is 40.0 Å². The molecule has 0 radical (unpaired) electrons. The lowest BCUT2D eigenvalue weighted by molar-refractivity contribution is 0.102. The standard InChI is InChI=1S/C23H21F2N7O2.C2H6/c1-13-2-5-16(10-27-13)32-11-17(20(31-32)21(24)25)29-22(33)18-12-34-23(30-18)15-6-7-26-19(8-15)28-9-14-3-4-14;1-2/h2,5-8,10-12,14,21H,3-4,9H2,1H3,(H,26,28)(H,29,33);1-2H3. The number of amides is 1. The molecule has 0 atom stereocenters. The molecule has 0 aliphatic heterocycles. The van der Waals surface area contributed by atoms with Crippen molar-refractivity contribution in [1.82, 2.24) is 24.7 Å². The van der Waals surface area contributed by atoms with Gasteiger partial charge in [0.15, 0.2) is 11.4 Å². The Morgan fingerprint density at radius 2 is 2.03 bits per heavy atom. The van der Waals surface area contributed by atoms with Gasteiger partial charge >= 0.3 is 0 Å². The molecule has 0 spiro atoms. The van der Waals surface area contributed by atoms with Crippen LogP contribution in [0.5, 0.6) is 0 Å². The van der Waals surface area contributed by atoms with Gasteiger partial charge in [0.25, 0.3) is 12.3 Å². The minimum Gasteiger partial charge on any atom is -0.444 e. The Morgan fingerprint density at radius 1 is 1.22 bits per heavy atom. The van der Waals surface area contributed by atoms with Gasteiger partial charge in [0, 0.05) is 24.0 Å². The second-order valence-electron chi connectivity index (χ2n) is 8.08. The minimum absolute atomic E-state index is 0.0516. The summed E-state index contributed by atoms with van der Waals surface area (Å²) in [5.41, 5.74) is 1.17. The first-order chi connectivity index (χ1) is 17.5. The zero-order valence-corrected chi connectivity index (χ0v) is 20.2. The number of nitrogens with zero attached hydrogens (tertiary/aromatic N) is 5. The molecule has 2 N–H and O–H groups in total. The first kappa shape index (κ1) is 25.0. The second kappa shape index (κ2) is 11.1. The molecule has 0 bridgehead atoms. The molecule has 1 amide bonds. The molecule has 1 saturated carbocycles. The maximum Gasteiger partial charge on any atom is 0.284 e. The fourth-order valence-electron chi connectivity index (χ4n) is 3.30. The van der Waals surface area contributed by atoms with Gasteiger partial charge in [-0.25, -0.2) is 23.4 Å². The van der Waals surface area contributed by atoms with Crippen molar-refractivity contribution in [3.63, 3.8) is 0 Å². The van der Waals surface area contributed by atoms with E-state index in [1.807, 2.05) is 20.8 Å². The summed E-state index contributed by atoms with van der Waals surface area (Å²) in [4.78, 5) is 25.4. The summed E-state index contributed by atoms with van der Waals surface area (Å²) in [6.07, 6.45) is 5.18. The van der Waals surface area contributed by atoms with E-state index in [4.69, 9.17) is 4.42 Å². The summed E-state index contributed by atoms with van der Waals surface area (Å²) in [7, 11) is 0. The van der Waals surface area contributed by atoms with E-state index in [0.29, 0.717) is 23.0 Å². The van der Waals surface area contributed by atoms with E-state index in [-0.39, 0.29) is 17.3 Å². The highest BCUT2D eigenvalue weighted by atomic mass is 19.3. The van der Waals surface area contributed by atoms with Crippen molar-refractivity contribution in [3.05, 3.63) is 66.2 Å². The van der Waals surface area contributed by atoms with Crippen molar-refractivity contribution in [1.29, 1.82) is 0 Å². The van der Waals surface area contributed by atoms with Crippen molar-refractivity contribution >= 4 is 17.4 Å². The number of pyridine rings is 2. The van der Waals surface area contributed by atoms with Crippen LogP contribution in [0.4, 0.5) is 20.3 Å². The highest BCUT2D eigenvalue weighted by molar-refractivity contribution is 6.03. The molecule has 1 aliphatic rings. The van der Waals surface area contributed by atoms with Crippen LogP contribution in [0.25, 0.3) is 17.1 Å². The Bertz CT molecular complexity index is 1310. The third kappa shape index (κ3) is 5.91. The quantitative estimate of drug-likeness (QED) is 0.324. The van der Waals surface area contributed by atoms with Crippen molar-refractivity contribution in [2.24, 2.45) is 5.92 Å². The molecule has 4 aromatic rings. The summed E-state index contributed by atoms with van der Waals surface area (Å²) in [5.74, 6) is 0.901. The molecule has 4 heterocycles.